The van der Waals surface area contributed by atoms with Crippen molar-refractivity contribution in [3.8, 4) is 18.2 Å². The third kappa shape index (κ3) is 3.75. The van der Waals surface area contributed by atoms with Crippen LogP contribution in [0.25, 0.3) is 55.0 Å². The largest absolute Gasteiger partial charge is 0.287 e. The lowest BCUT2D eigenvalue weighted by atomic mass is 9.97. The van der Waals surface area contributed by atoms with Crippen molar-refractivity contribution in [1.82, 2.24) is 9.13 Å². The Morgan fingerprint density at radius 2 is 1.14 bits per heavy atom. The van der Waals surface area contributed by atoms with E-state index in [1.807, 2.05) is 84.9 Å². The van der Waals surface area contributed by atoms with Gasteiger partial charge in [0, 0.05) is 33.7 Å². The molecule has 1 unspecified atom stereocenters. The molecule has 0 radical (unpaired) electrons. The van der Waals surface area contributed by atoms with Gasteiger partial charge in [-0.25, -0.2) is 0 Å². The molecule has 0 amide bonds. The van der Waals surface area contributed by atoms with E-state index < -0.39 is 0 Å². The SMILES string of the molecule is N#Cc1ccc2c(c1)c1ccccc1n2C1=CC(c2ccccc2C#N)=CC(n2c3ccccc3c3cc(C#N)ccc32)[NH2+]1. The second kappa shape index (κ2) is 9.86. The van der Waals surface area contributed by atoms with Crippen LogP contribution in [0, 0.1) is 34.0 Å². The van der Waals surface area contributed by atoms with Crippen LogP contribution in [0.1, 0.15) is 28.4 Å². The Morgan fingerprint density at radius 1 is 0.568 bits per heavy atom. The number of hydrogen-bond donors (Lipinski definition) is 1. The quantitative estimate of drug-likeness (QED) is 0.247. The van der Waals surface area contributed by atoms with Crippen LogP contribution in [-0.2, 0) is 0 Å². The van der Waals surface area contributed by atoms with Crippen molar-refractivity contribution in [3.05, 3.63) is 144 Å². The fourth-order valence-corrected chi connectivity index (χ4v) is 6.67. The number of allylic oxidation sites excluding steroid dienone is 2. The molecule has 5 aromatic carbocycles. The summed E-state index contributed by atoms with van der Waals surface area (Å²) < 4.78 is 4.57. The Hall–Kier alpha value is -6.39. The first-order valence-electron chi connectivity index (χ1n) is 14.3. The molecule has 2 N–H and O–H groups in total. The van der Waals surface area contributed by atoms with Crippen LogP contribution in [0.5, 0.6) is 0 Å². The zero-order chi connectivity index (χ0) is 29.8. The number of rotatable bonds is 3. The first-order chi connectivity index (χ1) is 21.7. The predicted molar refractivity (Wildman–Crippen MR) is 173 cm³/mol. The van der Waals surface area contributed by atoms with Crippen LogP contribution < -0.4 is 5.32 Å². The van der Waals surface area contributed by atoms with Crippen LogP contribution in [0.3, 0.4) is 0 Å². The van der Waals surface area contributed by atoms with Gasteiger partial charge in [0.1, 0.15) is 0 Å². The number of quaternary nitrogens is 1. The summed E-state index contributed by atoms with van der Waals surface area (Å²) >= 11 is 0. The Labute approximate surface area is 252 Å². The highest BCUT2D eigenvalue weighted by Crippen LogP contribution is 2.36. The minimum Gasteiger partial charge on any atom is -0.287 e. The second-order valence-corrected chi connectivity index (χ2v) is 10.9. The van der Waals surface area contributed by atoms with Gasteiger partial charge in [-0.3, -0.25) is 14.5 Å². The van der Waals surface area contributed by atoms with Crippen LogP contribution >= 0.6 is 0 Å². The molecule has 1 atom stereocenters. The van der Waals surface area contributed by atoms with Gasteiger partial charge in [0.25, 0.3) is 0 Å². The van der Waals surface area contributed by atoms with Crippen LogP contribution in [0.2, 0.25) is 0 Å². The van der Waals surface area contributed by atoms with E-state index in [9.17, 15) is 15.8 Å². The molecule has 0 aliphatic carbocycles. The number of nitriles is 3. The zero-order valence-corrected chi connectivity index (χ0v) is 23.4. The van der Waals surface area contributed by atoms with E-state index in [0.717, 1.165) is 60.6 Å². The number of aromatic nitrogens is 2. The highest BCUT2D eigenvalue weighted by molar-refractivity contribution is 6.11. The van der Waals surface area contributed by atoms with E-state index >= 15 is 0 Å². The highest BCUT2D eigenvalue weighted by atomic mass is 15.3. The van der Waals surface area contributed by atoms with Crippen molar-refractivity contribution in [3.63, 3.8) is 0 Å². The van der Waals surface area contributed by atoms with E-state index in [0.29, 0.717) is 16.7 Å². The highest BCUT2D eigenvalue weighted by Gasteiger charge is 2.28. The fourth-order valence-electron chi connectivity index (χ4n) is 6.67. The average molecular weight is 564 g/mol. The van der Waals surface area contributed by atoms with Crippen molar-refractivity contribution in [1.29, 1.82) is 15.8 Å². The normalized spacial score (nSPS) is 14.7. The van der Waals surface area contributed by atoms with Crippen molar-refractivity contribution >= 4 is 55.0 Å². The van der Waals surface area contributed by atoms with E-state index in [2.05, 4.69) is 69.1 Å². The summed E-state index contributed by atoms with van der Waals surface area (Å²) in [5, 5.41) is 35.8. The molecule has 204 valence electrons. The number of benzene rings is 5. The number of para-hydroxylation sites is 2. The third-order valence-electron chi connectivity index (χ3n) is 8.55. The van der Waals surface area contributed by atoms with Gasteiger partial charge in [-0.2, -0.15) is 15.8 Å². The molecular weight excluding hydrogens is 540 g/mol. The van der Waals surface area contributed by atoms with Crippen molar-refractivity contribution in [2.24, 2.45) is 0 Å². The standard InChI is InChI=1S/C38H22N6/c39-21-24-13-15-35-31(17-24)29-9-3-5-11-33(29)43(35)37-19-27(28-8-2-1-7-26(28)23-41)20-38(42-37)44-34-12-6-4-10-30(34)32-18-25(22-40)14-16-36(32)44/h1-20,37,42H/p+1. The van der Waals surface area contributed by atoms with E-state index in [1.165, 1.54) is 0 Å². The first-order valence-corrected chi connectivity index (χ1v) is 14.3. The van der Waals surface area contributed by atoms with Gasteiger partial charge in [0.2, 0.25) is 5.82 Å². The maximum absolute atomic E-state index is 10.0. The lowest BCUT2D eigenvalue weighted by Crippen LogP contribution is -2.84. The smallest absolute Gasteiger partial charge is 0.212 e. The van der Waals surface area contributed by atoms with Crippen molar-refractivity contribution in [2.75, 3.05) is 0 Å². The van der Waals surface area contributed by atoms with Crippen molar-refractivity contribution in [2.45, 2.75) is 6.17 Å². The number of nitrogens with zero attached hydrogens (tertiary/aromatic N) is 5. The van der Waals surface area contributed by atoms with Gasteiger partial charge in [-0.1, -0.05) is 54.6 Å². The van der Waals surface area contributed by atoms with Gasteiger partial charge in [0.05, 0.1) is 57.0 Å². The Balaban J connectivity index is 1.43. The van der Waals surface area contributed by atoms with Gasteiger partial charge in [0.15, 0.2) is 6.17 Å². The van der Waals surface area contributed by atoms with Crippen LogP contribution in [0.15, 0.2) is 121 Å². The summed E-state index contributed by atoms with van der Waals surface area (Å²) in [6.45, 7) is 0. The number of hydrogen-bond acceptors (Lipinski definition) is 3. The Kier molecular flexibility index (Phi) is 5.68. The summed E-state index contributed by atoms with van der Waals surface area (Å²) in [7, 11) is 0. The molecule has 3 heterocycles. The number of nitrogens with two attached hydrogens (primary N) is 1. The van der Waals surface area contributed by atoms with Gasteiger partial charge >= 0.3 is 0 Å². The lowest BCUT2D eigenvalue weighted by molar-refractivity contribution is -0.619. The summed E-state index contributed by atoms with van der Waals surface area (Å²) in [4.78, 5) is 0. The topological polar surface area (TPSA) is 97.8 Å². The summed E-state index contributed by atoms with van der Waals surface area (Å²) in [5.74, 6) is 0.968. The third-order valence-corrected chi connectivity index (χ3v) is 8.55. The zero-order valence-electron chi connectivity index (χ0n) is 23.4. The molecule has 0 spiro atoms. The molecule has 1 aliphatic heterocycles. The van der Waals surface area contributed by atoms with Gasteiger partial charge in [-0.15, -0.1) is 0 Å². The molecule has 8 rings (SSSR count). The van der Waals surface area contributed by atoms with Gasteiger partial charge in [-0.05, 0) is 65.7 Å². The van der Waals surface area contributed by atoms with Crippen molar-refractivity contribution < 1.29 is 5.32 Å². The second-order valence-electron chi connectivity index (χ2n) is 10.9. The molecule has 6 nitrogen and oxygen atoms in total. The summed E-state index contributed by atoms with van der Waals surface area (Å²) in [6.07, 6.45) is 4.16. The Bertz CT molecular complexity index is 2520. The van der Waals surface area contributed by atoms with Gasteiger partial charge < -0.3 is 0 Å². The molecule has 7 aromatic rings. The molecule has 0 saturated heterocycles. The van der Waals surface area contributed by atoms with Crippen LogP contribution in [-0.4, -0.2) is 9.13 Å². The molecule has 1 aliphatic rings. The van der Waals surface area contributed by atoms with Crippen LogP contribution in [0.4, 0.5) is 0 Å². The monoisotopic (exact) mass is 563 g/mol. The Morgan fingerprint density at radius 3 is 1.86 bits per heavy atom. The molecule has 6 heteroatoms. The summed E-state index contributed by atoms with van der Waals surface area (Å²) in [6, 6.07) is 42.9. The minimum atomic E-state index is -0.207. The van der Waals surface area contributed by atoms with E-state index in [4.69, 9.17) is 0 Å². The molecule has 0 fully saturated rings. The maximum Gasteiger partial charge on any atom is 0.212 e. The lowest BCUT2D eigenvalue weighted by Gasteiger charge is -2.24. The van der Waals surface area contributed by atoms with E-state index in [-0.39, 0.29) is 6.17 Å². The van der Waals surface area contributed by atoms with E-state index in [1.54, 1.807) is 0 Å². The summed E-state index contributed by atoms with van der Waals surface area (Å²) in [5.41, 5.74) is 7.78. The fraction of sp³-hybridized carbons (Fsp3) is 0.0263. The molecule has 44 heavy (non-hydrogen) atoms. The first kappa shape index (κ1) is 25.3. The average Bonchev–Trinajstić information content (AvgIpc) is 3.60. The molecular formula is C38H23N6+. The molecule has 0 bridgehead atoms. The molecule has 2 aromatic heterocycles. The number of fused-ring (bicyclic) bond motifs is 6. The molecule has 0 saturated carbocycles. The maximum atomic E-state index is 10.0. The predicted octanol–water partition coefficient (Wildman–Crippen LogP) is 7.18. The minimum absolute atomic E-state index is 0.207.